The second-order valence-electron chi connectivity index (χ2n) is 6.22. The van der Waals surface area contributed by atoms with Gasteiger partial charge in [0, 0.05) is 11.6 Å². The van der Waals surface area contributed by atoms with Gasteiger partial charge in [-0.3, -0.25) is 4.90 Å². The van der Waals surface area contributed by atoms with Crippen LogP contribution in [0.3, 0.4) is 0 Å². The molecule has 1 aliphatic rings. The summed E-state index contributed by atoms with van der Waals surface area (Å²) in [5.41, 5.74) is 1.96. The Morgan fingerprint density at radius 1 is 1.12 bits per heavy atom. The molecule has 1 unspecified atom stereocenters. The topological polar surface area (TPSA) is 68.2 Å². The summed E-state index contributed by atoms with van der Waals surface area (Å²) in [5.74, 6) is 2.12. The number of benzene rings is 1. The van der Waals surface area contributed by atoms with Crippen LogP contribution in [0.2, 0.25) is 0 Å². The van der Waals surface area contributed by atoms with E-state index in [1.165, 1.54) is 12.8 Å². The SMILES string of the molecule is Cc1cc(C2CCCCN2Cc2nc(-c3ccccc3)no2)no1. The van der Waals surface area contributed by atoms with Crippen molar-refractivity contribution >= 4 is 0 Å². The number of nitrogens with zero attached hydrogens (tertiary/aromatic N) is 4. The molecule has 0 spiro atoms. The van der Waals surface area contributed by atoms with Crippen molar-refractivity contribution in [2.24, 2.45) is 0 Å². The maximum absolute atomic E-state index is 5.46. The molecule has 0 aliphatic carbocycles. The Bertz CT molecular complexity index is 796. The molecule has 6 heteroatoms. The van der Waals surface area contributed by atoms with E-state index in [4.69, 9.17) is 9.05 Å². The van der Waals surface area contributed by atoms with Crippen molar-refractivity contribution in [3.63, 3.8) is 0 Å². The van der Waals surface area contributed by atoms with E-state index in [0.29, 0.717) is 18.3 Å². The fourth-order valence-corrected chi connectivity index (χ4v) is 3.26. The van der Waals surface area contributed by atoms with Gasteiger partial charge >= 0.3 is 0 Å². The Morgan fingerprint density at radius 2 is 2.00 bits per heavy atom. The molecule has 1 aromatic carbocycles. The fraction of sp³-hybridized carbons (Fsp3) is 0.389. The predicted octanol–water partition coefficient (Wildman–Crippen LogP) is 3.76. The number of rotatable bonds is 4. The number of piperidine rings is 1. The van der Waals surface area contributed by atoms with Crippen LogP contribution in [0.25, 0.3) is 11.4 Å². The molecule has 1 aliphatic heterocycles. The number of aromatic nitrogens is 3. The van der Waals surface area contributed by atoms with E-state index >= 15 is 0 Å². The molecule has 0 bridgehead atoms. The zero-order valence-electron chi connectivity index (χ0n) is 13.7. The molecule has 1 atom stereocenters. The highest BCUT2D eigenvalue weighted by Gasteiger charge is 2.28. The summed E-state index contributed by atoms with van der Waals surface area (Å²) >= 11 is 0. The standard InChI is InChI=1S/C18H20N4O2/c1-13-11-15(20-23-13)16-9-5-6-10-22(16)12-17-19-18(21-24-17)14-7-3-2-4-8-14/h2-4,7-8,11,16H,5-6,9-10,12H2,1H3. The van der Waals surface area contributed by atoms with Crippen molar-refractivity contribution in [2.45, 2.75) is 38.8 Å². The van der Waals surface area contributed by atoms with Crippen molar-refractivity contribution in [1.82, 2.24) is 20.2 Å². The molecule has 3 heterocycles. The third-order valence-electron chi connectivity index (χ3n) is 4.44. The molecule has 1 saturated heterocycles. The van der Waals surface area contributed by atoms with E-state index in [-0.39, 0.29) is 6.04 Å². The summed E-state index contributed by atoms with van der Waals surface area (Å²) in [5, 5.41) is 8.31. The minimum Gasteiger partial charge on any atom is -0.361 e. The molecule has 4 rings (SSSR count). The van der Waals surface area contributed by atoms with Crippen molar-refractivity contribution in [1.29, 1.82) is 0 Å². The first kappa shape index (κ1) is 15.1. The maximum Gasteiger partial charge on any atom is 0.241 e. The van der Waals surface area contributed by atoms with E-state index in [0.717, 1.165) is 30.0 Å². The lowest BCUT2D eigenvalue weighted by Gasteiger charge is -2.33. The van der Waals surface area contributed by atoms with Gasteiger partial charge in [-0.1, -0.05) is 47.1 Å². The Morgan fingerprint density at radius 3 is 2.79 bits per heavy atom. The molecule has 0 amide bonds. The smallest absolute Gasteiger partial charge is 0.241 e. The highest BCUT2D eigenvalue weighted by atomic mass is 16.5. The molecule has 0 saturated carbocycles. The summed E-state index contributed by atoms with van der Waals surface area (Å²) < 4.78 is 10.7. The van der Waals surface area contributed by atoms with E-state index in [1.807, 2.05) is 43.3 Å². The first-order valence-electron chi connectivity index (χ1n) is 8.35. The predicted molar refractivity (Wildman–Crippen MR) is 88.0 cm³/mol. The molecule has 2 aromatic heterocycles. The minimum atomic E-state index is 0.253. The monoisotopic (exact) mass is 324 g/mol. The molecule has 0 N–H and O–H groups in total. The molecule has 0 radical (unpaired) electrons. The molecule has 3 aromatic rings. The van der Waals surface area contributed by atoms with E-state index in [9.17, 15) is 0 Å². The lowest BCUT2D eigenvalue weighted by molar-refractivity contribution is 0.118. The van der Waals surface area contributed by atoms with Crippen LogP contribution in [0.4, 0.5) is 0 Å². The van der Waals surface area contributed by atoms with Crippen LogP contribution >= 0.6 is 0 Å². The number of hydrogen-bond donors (Lipinski definition) is 0. The highest BCUT2D eigenvalue weighted by Crippen LogP contribution is 2.31. The Hall–Kier alpha value is -2.47. The molecular formula is C18H20N4O2. The summed E-state index contributed by atoms with van der Waals surface area (Å²) in [7, 11) is 0. The van der Waals surface area contributed by atoms with E-state index < -0.39 is 0 Å². The van der Waals surface area contributed by atoms with Gasteiger partial charge in [0.1, 0.15) is 11.5 Å². The van der Waals surface area contributed by atoms with Gasteiger partial charge in [0.25, 0.3) is 0 Å². The third kappa shape index (κ3) is 3.10. The largest absolute Gasteiger partial charge is 0.361 e. The Balaban J connectivity index is 1.52. The van der Waals surface area contributed by atoms with Crippen LogP contribution in [0.15, 0.2) is 45.4 Å². The summed E-state index contributed by atoms with van der Waals surface area (Å²) in [6.45, 7) is 3.56. The molecular weight excluding hydrogens is 304 g/mol. The quantitative estimate of drug-likeness (QED) is 0.728. The molecule has 24 heavy (non-hydrogen) atoms. The van der Waals surface area contributed by atoms with Gasteiger partial charge in [-0.15, -0.1) is 0 Å². The summed E-state index contributed by atoms with van der Waals surface area (Å²) in [4.78, 5) is 6.89. The number of aryl methyl sites for hydroxylation is 1. The zero-order valence-corrected chi connectivity index (χ0v) is 13.7. The fourth-order valence-electron chi connectivity index (χ4n) is 3.26. The number of hydrogen-bond acceptors (Lipinski definition) is 6. The van der Waals surface area contributed by atoms with Crippen LogP contribution in [0.1, 0.15) is 42.6 Å². The second kappa shape index (κ2) is 6.57. The van der Waals surface area contributed by atoms with Gasteiger partial charge < -0.3 is 9.05 Å². The lowest BCUT2D eigenvalue weighted by Crippen LogP contribution is -2.33. The highest BCUT2D eigenvalue weighted by molar-refractivity contribution is 5.53. The lowest BCUT2D eigenvalue weighted by atomic mass is 9.99. The average Bonchev–Trinajstić information content (AvgIpc) is 3.25. The van der Waals surface area contributed by atoms with Gasteiger partial charge in [0.2, 0.25) is 11.7 Å². The van der Waals surface area contributed by atoms with Crippen LogP contribution in [0, 0.1) is 6.92 Å². The summed E-state index contributed by atoms with van der Waals surface area (Å²) in [6, 6.07) is 12.2. The van der Waals surface area contributed by atoms with Gasteiger partial charge in [-0.2, -0.15) is 4.98 Å². The first-order chi connectivity index (χ1) is 11.8. The average molecular weight is 324 g/mol. The normalized spacial score (nSPS) is 18.8. The van der Waals surface area contributed by atoms with Crippen LogP contribution < -0.4 is 0 Å². The Labute approximate surface area is 140 Å². The van der Waals surface area contributed by atoms with Crippen molar-refractivity contribution in [3.05, 3.63) is 53.7 Å². The molecule has 124 valence electrons. The van der Waals surface area contributed by atoms with Gasteiger partial charge in [-0.05, 0) is 26.3 Å². The maximum atomic E-state index is 5.46. The van der Waals surface area contributed by atoms with Crippen LogP contribution in [0.5, 0.6) is 0 Å². The second-order valence-corrected chi connectivity index (χ2v) is 6.22. The summed E-state index contributed by atoms with van der Waals surface area (Å²) in [6.07, 6.45) is 3.45. The third-order valence-corrected chi connectivity index (χ3v) is 4.44. The van der Waals surface area contributed by atoms with Gasteiger partial charge in [0.15, 0.2) is 0 Å². The first-order valence-corrected chi connectivity index (χ1v) is 8.35. The molecule has 6 nitrogen and oxygen atoms in total. The van der Waals surface area contributed by atoms with Crippen molar-refractivity contribution < 1.29 is 9.05 Å². The van der Waals surface area contributed by atoms with Gasteiger partial charge in [0.05, 0.1) is 12.6 Å². The molecule has 1 fully saturated rings. The van der Waals surface area contributed by atoms with E-state index in [1.54, 1.807) is 0 Å². The number of likely N-dealkylation sites (tertiary alicyclic amines) is 1. The van der Waals surface area contributed by atoms with E-state index in [2.05, 4.69) is 20.2 Å². The van der Waals surface area contributed by atoms with Crippen LogP contribution in [-0.2, 0) is 6.54 Å². The minimum absolute atomic E-state index is 0.253. The van der Waals surface area contributed by atoms with Crippen LogP contribution in [-0.4, -0.2) is 26.7 Å². The Kier molecular flexibility index (Phi) is 4.13. The van der Waals surface area contributed by atoms with Crippen molar-refractivity contribution in [2.75, 3.05) is 6.54 Å². The van der Waals surface area contributed by atoms with Crippen molar-refractivity contribution in [3.8, 4) is 11.4 Å². The van der Waals surface area contributed by atoms with Gasteiger partial charge in [-0.25, -0.2) is 0 Å². The zero-order chi connectivity index (χ0) is 16.4.